The van der Waals surface area contributed by atoms with Crippen LogP contribution < -0.4 is 5.32 Å². The summed E-state index contributed by atoms with van der Waals surface area (Å²) < 4.78 is 10.9. The molecule has 1 aliphatic heterocycles. The van der Waals surface area contributed by atoms with Crippen LogP contribution in [0.4, 0.5) is 0 Å². The molecule has 1 amide bonds. The lowest BCUT2D eigenvalue weighted by atomic mass is 10.1. The van der Waals surface area contributed by atoms with Gasteiger partial charge in [0.15, 0.2) is 5.76 Å². The highest BCUT2D eigenvalue weighted by Crippen LogP contribution is 2.15. The number of carbonyl (C=O) groups excluding carboxylic acids is 1. The number of nitrogens with one attached hydrogen (secondary N) is 1. The lowest BCUT2D eigenvalue weighted by Gasteiger charge is -2.13. The van der Waals surface area contributed by atoms with Crippen molar-refractivity contribution >= 4 is 5.91 Å². The number of hydrogen-bond acceptors (Lipinski definition) is 5. The Labute approximate surface area is 141 Å². The fourth-order valence-corrected chi connectivity index (χ4v) is 2.98. The molecular formula is C18H24N2O4. The highest BCUT2D eigenvalue weighted by Gasteiger charge is 2.17. The second-order valence-corrected chi connectivity index (χ2v) is 6.29. The number of likely N-dealkylation sites (tertiary alicyclic amines) is 1. The Hall–Kier alpha value is -2.05. The molecular weight excluding hydrogens is 308 g/mol. The summed E-state index contributed by atoms with van der Waals surface area (Å²) in [4.78, 5) is 14.5. The van der Waals surface area contributed by atoms with E-state index >= 15 is 0 Å². The first-order chi connectivity index (χ1) is 11.7. The van der Waals surface area contributed by atoms with Crippen molar-refractivity contribution in [3.05, 3.63) is 47.8 Å². The zero-order valence-corrected chi connectivity index (χ0v) is 13.7. The van der Waals surface area contributed by atoms with Gasteiger partial charge >= 0.3 is 0 Å². The Bertz CT molecular complexity index is 629. The Kier molecular flexibility index (Phi) is 5.72. The van der Waals surface area contributed by atoms with Crippen LogP contribution in [0, 0.1) is 5.92 Å². The van der Waals surface area contributed by atoms with Crippen molar-refractivity contribution in [2.75, 3.05) is 26.2 Å². The molecule has 2 aromatic rings. The van der Waals surface area contributed by atoms with Crippen LogP contribution in [-0.4, -0.2) is 42.2 Å². The average Bonchev–Trinajstić information content (AvgIpc) is 3.34. The fourth-order valence-electron chi connectivity index (χ4n) is 2.98. The number of nitrogens with zero attached hydrogens (tertiary/aromatic N) is 1. The minimum Gasteiger partial charge on any atom is -0.469 e. The van der Waals surface area contributed by atoms with Crippen LogP contribution in [0.15, 0.2) is 39.4 Å². The molecule has 0 spiro atoms. The summed E-state index contributed by atoms with van der Waals surface area (Å²) in [5.74, 6) is 1.60. The standard InChI is InChI=1S/C18H24N2O4/c21-13-14(10-15-4-3-9-23-15)11-19-18(22)17-6-5-16(24-17)12-20-7-1-2-8-20/h3-6,9,14,21H,1-2,7-8,10-13H2,(H,19,22). The second-order valence-electron chi connectivity index (χ2n) is 6.29. The number of hydrogen-bond donors (Lipinski definition) is 2. The van der Waals surface area contributed by atoms with Crippen LogP contribution in [0.2, 0.25) is 0 Å². The topological polar surface area (TPSA) is 78.8 Å². The summed E-state index contributed by atoms with van der Waals surface area (Å²) in [6.45, 7) is 3.29. The van der Waals surface area contributed by atoms with E-state index in [-0.39, 0.29) is 18.4 Å². The van der Waals surface area contributed by atoms with E-state index in [0.717, 1.165) is 31.2 Å². The van der Waals surface area contributed by atoms with E-state index in [1.165, 1.54) is 12.8 Å². The third-order valence-electron chi connectivity index (χ3n) is 4.34. The molecule has 1 fully saturated rings. The maximum Gasteiger partial charge on any atom is 0.287 e. The van der Waals surface area contributed by atoms with Crippen LogP contribution in [0.5, 0.6) is 0 Å². The maximum atomic E-state index is 12.2. The van der Waals surface area contributed by atoms with Crippen LogP contribution in [-0.2, 0) is 13.0 Å². The van der Waals surface area contributed by atoms with Gasteiger partial charge in [0, 0.05) is 25.5 Å². The molecule has 6 nitrogen and oxygen atoms in total. The molecule has 0 radical (unpaired) electrons. The third kappa shape index (κ3) is 4.49. The first kappa shape index (κ1) is 16.8. The molecule has 0 aliphatic carbocycles. The van der Waals surface area contributed by atoms with Crippen molar-refractivity contribution in [1.82, 2.24) is 10.2 Å². The number of aliphatic hydroxyl groups is 1. The zero-order chi connectivity index (χ0) is 16.8. The quantitative estimate of drug-likeness (QED) is 0.773. The molecule has 1 atom stereocenters. The summed E-state index contributed by atoms with van der Waals surface area (Å²) in [5.41, 5.74) is 0. The van der Waals surface area contributed by atoms with E-state index in [4.69, 9.17) is 8.83 Å². The maximum absolute atomic E-state index is 12.2. The lowest BCUT2D eigenvalue weighted by molar-refractivity contribution is 0.0908. The van der Waals surface area contributed by atoms with Gasteiger partial charge < -0.3 is 19.3 Å². The minimum absolute atomic E-state index is 0.0145. The number of amides is 1. The SMILES string of the molecule is O=C(NCC(CO)Cc1ccco1)c1ccc(CN2CCCC2)o1. The Balaban J connectivity index is 1.48. The van der Waals surface area contributed by atoms with E-state index in [9.17, 15) is 9.90 Å². The molecule has 1 aliphatic rings. The van der Waals surface area contributed by atoms with Crippen molar-refractivity contribution in [2.24, 2.45) is 5.92 Å². The van der Waals surface area contributed by atoms with Crippen LogP contribution in [0.3, 0.4) is 0 Å². The van der Waals surface area contributed by atoms with Gasteiger partial charge in [0.1, 0.15) is 11.5 Å². The molecule has 3 heterocycles. The van der Waals surface area contributed by atoms with Crippen molar-refractivity contribution in [1.29, 1.82) is 0 Å². The van der Waals surface area contributed by atoms with E-state index in [2.05, 4.69) is 10.2 Å². The van der Waals surface area contributed by atoms with E-state index in [1.807, 2.05) is 18.2 Å². The molecule has 0 aromatic carbocycles. The Morgan fingerprint density at radius 2 is 2.08 bits per heavy atom. The van der Waals surface area contributed by atoms with Gasteiger partial charge in [-0.1, -0.05) is 0 Å². The van der Waals surface area contributed by atoms with Gasteiger partial charge in [-0.25, -0.2) is 0 Å². The Morgan fingerprint density at radius 3 is 2.79 bits per heavy atom. The van der Waals surface area contributed by atoms with Crippen molar-refractivity contribution in [2.45, 2.75) is 25.8 Å². The van der Waals surface area contributed by atoms with Gasteiger partial charge in [0.2, 0.25) is 0 Å². The second kappa shape index (κ2) is 8.17. The number of carbonyl (C=O) groups is 1. The largest absolute Gasteiger partial charge is 0.469 e. The smallest absolute Gasteiger partial charge is 0.287 e. The first-order valence-electron chi connectivity index (χ1n) is 8.47. The van der Waals surface area contributed by atoms with Gasteiger partial charge in [0.25, 0.3) is 5.91 Å². The zero-order valence-electron chi connectivity index (χ0n) is 13.7. The molecule has 2 aromatic heterocycles. The highest BCUT2D eigenvalue weighted by atomic mass is 16.4. The molecule has 24 heavy (non-hydrogen) atoms. The van der Waals surface area contributed by atoms with Gasteiger partial charge in [-0.2, -0.15) is 0 Å². The lowest BCUT2D eigenvalue weighted by Crippen LogP contribution is -2.31. The molecule has 0 saturated carbocycles. The Morgan fingerprint density at radius 1 is 1.25 bits per heavy atom. The van der Waals surface area contributed by atoms with Gasteiger partial charge in [-0.05, 0) is 50.2 Å². The predicted molar refractivity (Wildman–Crippen MR) is 88.5 cm³/mol. The predicted octanol–water partition coefficient (Wildman–Crippen LogP) is 2.05. The van der Waals surface area contributed by atoms with E-state index in [1.54, 1.807) is 12.3 Å². The van der Waals surface area contributed by atoms with Crippen LogP contribution >= 0.6 is 0 Å². The number of aliphatic hydroxyl groups excluding tert-OH is 1. The van der Waals surface area contributed by atoms with Gasteiger partial charge in [0.05, 0.1) is 12.8 Å². The molecule has 1 saturated heterocycles. The summed E-state index contributed by atoms with van der Waals surface area (Å²) in [6, 6.07) is 7.25. The molecule has 2 N–H and O–H groups in total. The van der Waals surface area contributed by atoms with Gasteiger partial charge in [-0.3, -0.25) is 9.69 Å². The first-order valence-corrected chi connectivity index (χ1v) is 8.47. The molecule has 0 bridgehead atoms. The summed E-state index contributed by atoms with van der Waals surface area (Å²) in [7, 11) is 0. The van der Waals surface area contributed by atoms with E-state index < -0.39 is 0 Å². The fraction of sp³-hybridized carbons (Fsp3) is 0.500. The highest BCUT2D eigenvalue weighted by molar-refractivity contribution is 5.91. The summed E-state index contributed by atoms with van der Waals surface area (Å²) in [6.07, 6.45) is 4.65. The van der Waals surface area contributed by atoms with Crippen molar-refractivity contribution in [3.8, 4) is 0 Å². The number of rotatable bonds is 8. The van der Waals surface area contributed by atoms with Crippen molar-refractivity contribution < 1.29 is 18.7 Å². The monoisotopic (exact) mass is 332 g/mol. The molecule has 6 heteroatoms. The normalized spacial score (nSPS) is 16.4. The molecule has 130 valence electrons. The number of furan rings is 2. The average molecular weight is 332 g/mol. The van der Waals surface area contributed by atoms with Crippen LogP contribution in [0.1, 0.15) is 34.9 Å². The summed E-state index contributed by atoms with van der Waals surface area (Å²) in [5, 5.41) is 12.3. The van der Waals surface area contributed by atoms with Crippen molar-refractivity contribution in [3.63, 3.8) is 0 Å². The van der Waals surface area contributed by atoms with Crippen LogP contribution in [0.25, 0.3) is 0 Å². The molecule has 1 unspecified atom stereocenters. The third-order valence-corrected chi connectivity index (χ3v) is 4.34. The minimum atomic E-state index is -0.249. The summed E-state index contributed by atoms with van der Waals surface area (Å²) >= 11 is 0. The molecule has 3 rings (SSSR count). The van der Waals surface area contributed by atoms with E-state index in [0.29, 0.717) is 18.7 Å². The van der Waals surface area contributed by atoms with Gasteiger partial charge in [-0.15, -0.1) is 0 Å².